The van der Waals surface area contributed by atoms with Crippen molar-refractivity contribution >= 4 is 0 Å². The first kappa shape index (κ1) is 14.0. The Hall–Kier alpha value is -2.38. The summed E-state index contributed by atoms with van der Waals surface area (Å²) in [5, 5.41) is 0. The Morgan fingerprint density at radius 3 is 2.90 bits per heavy atom. The van der Waals surface area contributed by atoms with Gasteiger partial charge >= 0.3 is 0 Å². The fraction of sp³-hybridized carbons (Fsp3) is 0.188. The number of halogens is 1. The molecule has 0 atom stereocenters. The molecular weight excluding hydrogens is 255 g/mol. The first-order valence-electron chi connectivity index (χ1n) is 6.23. The number of hydrogen-bond donors (Lipinski definition) is 1. The van der Waals surface area contributed by atoms with Gasteiger partial charge in [0.1, 0.15) is 6.61 Å². The quantitative estimate of drug-likeness (QED) is 0.871. The molecule has 0 unspecified atom stereocenters. The monoisotopic (exact) mass is 270 g/mol. The van der Waals surface area contributed by atoms with Crippen LogP contribution >= 0.6 is 0 Å². The minimum atomic E-state index is -0.420. The van der Waals surface area contributed by atoms with Gasteiger partial charge in [0.05, 0.1) is 12.2 Å². The Kier molecular flexibility index (Phi) is 4.70. The molecule has 2 N–H and O–H groups in total. The van der Waals surface area contributed by atoms with E-state index in [0.717, 1.165) is 11.4 Å². The number of ether oxygens (including phenoxy) is 1. The van der Waals surface area contributed by atoms with Crippen molar-refractivity contribution in [1.29, 1.82) is 0 Å². The molecule has 0 fully saturated rings. The van der Waals surface area contributed by atoms with Crippen molar-refractivity contribution in [1.82, 2.24) is 4.98 Å². The molecule has 3 nitrogen and oxygen atoms in total. The van der Waals surface area contributed by atoms with E-state index in [2.05, 4.69) is 16.8 Å². The van der Waals surface area contributed by atoms with Crippen LogP contribution in [0, 0.1) is 24.6 Å². The van der Waals surface area contributed by atoms with Gasteiger partial charge in [0.15, 0.2) is 11.6 Å². The largest absolute Gasteiger partial charge is 0.484 e. The number of hydrogen-bond acceptors (Lipinski definition) is 3. The van der Waals surface area contributed by atoms with E-state index in [9.17, 15) is 4.39 Å². The van der Waals surface area contributed by atoms with E-state index in [1.807, 2.05) is 25.1 Å². The van der Waals surface area contributed by atoms with Crippen LogP contribution in [0.3, 0.4) is 0 Å². The van der Waals surface area contributed by atoms with Gasteiger partial charge in [-0.1, -0.05) is 17.9 Å². The van der Waals surface area contributed by atoms with Crippen LogP contribution in [0.1, 0.15) is 17.0 Å². The predicted octanol–water partition coefficient (Wildman–Crippen LogP) is 2.42. The van der Waals surface area contributed by atoms with Gasteiger partial charge in [-0.3, -0.25) is 4.98 Å². The lowest BCUT2D eigenvalue weighted by atomic mass is 10.2. The van der Waals surface area contributed by atoms with Crippen LogP contribution in [0.15, 0.2) is 36.4 Å². The average molecular weight is 270 g/mol. The molecule has 102 valence electrons. The molecule has 0 saturated carbocycles. The van der Waals surface area contributed by atoms with Crippen molar-refractivity contribution < 1.29 is 9.13 Å². The third-order valence-corrected chi connectivity index (χ3v) is 2.59. The Balaban J connectivity index is 2.12. The van der Waals surface area contributed by atoms with Crippen molar-refractivity contribution in [2.75, 3.05) is 6.54 Å². The number of pyridine rings is 1. The van der Waals surface area contributed by atoms with Crippen LogP contribution in [0.4, 0.5) is 4.39 Å². The van der Waals surface area contributed by atoms with Gasteiger partial charge in [0, 0.05) is 11.3 Å². The van der Waals surface area contributed by atoms with Crippen LogP contribution < -0.4 is 10.5 Å². The number of aromatic nitrogens is 1. The maximum atomic E-state index is 13.7. The SMILES string of the molecule is Cc1cccc(COc2cc(C#CCN)ccc2F)n1. The molecule has 0 aliphatic heterocycles. The van der Waals surface area contributed by atoms with Crippen LogP contribution in [-0.2, 0) is 6.61 Å². The van der Waals surface area contributed by atoms with E-state index in [-0.39, 0.29) is 18.9 Å². The zero-order chi connectivity index (χ0) is 14.4. The van der Waals surface area contributed by atoms with Crippen molar-refractivity contribution in [2.45, 2.75) is 13.5 Å². The number of nitrogens with two attached hydrogens (primary N) is 1. The second-order valence-electron chi connectivity index (χ2n) is 4.21. The van der Waals surface area contributed by atoms with Crippen LogP contribution in [0.25, 0.3) is 0 Å². The molecule has 0 aliphatic carbocycles. The van der Waals surface area contributed by atoms with Crippen molar-refractivity contribution in [3.05, 3.63) is 59.2 Å². The number of aryl methyl sites for hydroxylation is 1. The fourth-order valence-electron chi connectivity index (χ4n) is 1.68. The molecule has 4 heteroatoms. The molecule has 1 aromatic carbocycles. The van der Waals surface area contributed by atoms with Crippen molar-refractivity contribution in [3.63, 3.8) is 0 Å². The molecule has 1 heterocycles. The van der Waals surface area contributed by atoms with Gasteiger partial charge < -0.3 is 10.5 Å². The molecule has 0 radical (unpaired) electrons. The topological polar surface area (TPSA) is 48.1 Å². The van der Waals surface area contributed by atoms with E-state index in [1.165, 1.54) is 6.07 Å². The van der Waals surface area contributed by atoms with Gasteiger partial charge in [-0.05, 0) is 37.3 Å². The average Bonchev–Trinajstić information content (AvgIpc) is 2.45. The highest BCUT2D eigenvalue weighted by molar-refractivity contribution is 5.40. The summed E-state index contributed by atoms with van der Waals surface area (Å²) in [4.78, 5) is 4.30. The lowest BCUT2D eigenvalue weighted by Gasteiger charge is -2.07. The summed E-state index contributed by atoms with van der Waals surface area (Å²) in [5.74, 6) is 5.31. The molecule has 0 spiro atoms. The highest BCUT2D eigenvalue weighted by atomic mass is 19.1. The van der Waals surface area contributed by atoms with E-state index >= 15 is 0 Å². The van der Waals surface area contributed by atoms with Crippen molar-refractivity contribution in [3.8, 4) is 17.6 Å². The summed E-state index contributed by atoms with van der Waals surface area (Å²) < 4.78 is 19.1. The predicted molar refractivity (Wildman–Crippen MR) is 75.6 cm³/mol. The molecule has 0 bridgehead atoms. The van der Waals surface area contributed by atoms with E-state index in [1.54, 1.807) is 12.1 Å². The van der Waals surface area contributed by atoms with Crippen LogP contribution in [0.2, 0.25) is 0 Å². The molecule has 0 aliphatic rings. The zero-order valence-corrected chi connectivity index (χ0v) is 11.2. The summed E-state index contributed by atoms with van der Waals surface area (Å²) in [6.07, 6.45) is 0. The smallest absolute Gasteiger partial charge is 0.165 e. The normalized spacial score (nSPS) is 9.75. The van der Waals surface area contributed by atoms with Gasteiger partial charge in [-0.15, -0.1) is 0 Å². The minimum Gasteiger partial charge on any atom is -0.484 e. The van der Waals surface area contributed by atoms with Gasteiger partial charge in [-0.2, -0.15) is 0 Å². The number of benzene rings is 1. The third kappa shape index (κ3) is 3.81. The molecule has 0 saturated heterocycles. The molecule has 0 amide bonds. The third-order valence-electron chi connectivity index (χ3n) is 2.59. The second-order valence-corrected chi connectivity index (χ2v) is 4.21. The Morgan fingerprint density at radius 1 is 1.30 bits per heavy atom. The molecule has 1 aromatic heterocycles. The highest BCUT2D eigenvalue weighted by Gasteiger charge is 2.05. The Bertz CT molecular complexity index is 659. The van der Waals surface area contributed by atoms with E-state index in [4.69, 9.17) is 10.5 Å². The summed E-state index contributed by atoms with van der Waals surface area (Å²) in [6, 6.07) is 10.1. The standard InChI is InChI=1S/C16H15FN2O/c1-12-4-2-6-14(19-12)11-20-16-10-13(5-3-9-18)7-8-15(16)17/h2,4,6-8,10H,9,11,18H2,1H3. The molecule has 2 rings (SSSR count). The van der Waals surface area contributed by atoms with E-state index in [0.29, 0.717) is 5.56 Å². The van der Waals surface area contributed by atoms with E-state index < -0.39 is 5.82 Å². The van der Waals surface area contributed by atoms with Crippen LogP contribution in [0.5, 0.6) is 5.75 Å². The summed E-state index contributed by atoms with van der Waals surface area (Å²) in [6.45, 7) is 2.38. The highest BCUT2D eigenvalue weighted by Crippen LogP contribution is 2.19. The lowest BCUT2D eigenvalue weighted by Crippen LogP contribution is -2.01. The number of nitrogens with zero attached hydrogens (tertiary/aromatic N) is 1. The first-order valence-corrected chi connectivity index (χ1v) is 6.23. The number of rotatable bonds is 3. The van der Waals surface area contributed by atoms with Gasteiger partial charge in [0.2, 0.25) is 0 Å². The summed E-state index contributed by atoms with van der Waals surface area (Å²) in [7, 11) is 0. The van der Waals surface area contributed by atoms with Gasteiger partial charge in [0.25, 0.3) is 0 Å². The minimum absolute atomic E-state index is 0.164. The summed E-state index contributed by atoms with van der Waals surface area (Å²) in [5.41, 5.74) is 7.63. The Morgan fingerprint density at radius 2 is 2.15 bits per heavy atom. The van der Waals surface area contributed by atoms with Gasteiger partial charge in [-0.25, -0.2) is 4.39 Å². The molecular formula is C16H15FN2O. The van der Waals surface area contributed by atoms with Crippen LogP contribution in [-0.4, -0.2) is 11.5 Å². The van der Waals surface area contributed by atoms with Crippen molar-refractivity contribution in [2.24, 2.45) is 5.73 Å². The fourth-order valence-corrected chi connectivity index (χ4v) is 1.68. The lowest BCUT2D eigenvalue weighted by molar-refractivity contribution is 0.285. The Labute approximate surface area is 117 Å². The maximum absolute atomic E-state index is 13.7. The molecule has 20 heavy (non-hydrogen) atoms. The second kappa shape index (κ2) is 6.69. The molecule has 2 aromatic rings. The summed E-state index contributed by atoms with van der Waals surface area (Å²) >= 11 is 0. The zero-order valence-electron chi connectivity index (χ0n) is 11.2. The maximum Gasteiger partial charge on any atom is 0.165 e. The first-order chi connectivity index (χ1) is 9.69.